The molecule has 4 nitrogen and oxygen atoms in total. The van der Waals surface area contributed by atoms with Crippen molar-refractivity contribution < 1.29 is 8.95 Å². The number of ether oxygens (including phenoxy) is 1. The van der Waals surface area contributed by atoms with E-state index in [0.29, 0.717) is 22.1 Å². The molecule has 0 aliphatic carbocycles. The number of hydrogen-bond acceptors (Lipinski definition) is 4. The Hall–Kier alpha value is -1.88. The predicted molar refractivity (Wildman–Crippen MR) is 71.8 cm³/mol. The van der Waals surface area contributed by atoms with Gasteiger partial charge >= 0.3 is 0 Å². The molecule has 0 saturated heterocycles. The van der Waals surface area contributed by atoms with Crippen LogP contribution in [0.1, 0.15) is 5.69 Å². The average molecular weight is 262 g/mol. The van der Waals surface area contributed by atoms with Gasteiger partial charge in [0.1, 0.15) is 5.75 Å². The molecule has 0 radical (unpaired) electrons. The molecule has 18 heavy (non-hydrogen) atoms. The zero-order valence-electron chi connectivity index (χ0n) is 10.00. The lowest BCUT2D eigenvalue weighted by atomic mass is 10.3. The number of benzene rings is 1. The molecule has 0 saturated carbocycles. The molecule has 2 N–H and O–H groups in total. The van der Waals surface area contributed by atoms with E-state index in [0.717, 1.165) is 5.69 Å². The predicted octanol–water partition coefficient (Wildman–Crippen LogP) is 1.98. The van der Waals surface area contributed by atoms with Crippen molar-refractivity contribution in [2.75, 3.05) is 12.8 Å². The van der Waals surface area contributed by atoms with Crippen LogP contribution in [0.5, 0.6) is 5.75 Å². The average Bonchev–Trinajstić information content (AvgIpc) is 2.39. The largest absolute Gasteiger partial charge is 0.495 e. The van der Waals surface area contributed by atoms with Gasteiger partial charge in [0.2, 0.25) is 0 Å². The van der Waals surface area contributed by atoms with Crippen molar-refractivity contribution >= 4 is 16.5 Å². The fraction of sp³-hybridized carbons (Fsp3) is 0.154. The van der Waals surface area contributed by atoms with Crippen LogP contribution in [0.3, 0.4) is 0 Å². The second kappa shape index (κ2) is 5.64. The number of rotatable bonds is 4. The Balaban J connectivity index is 2.24. The van der Waals surface area contributed by atoms with Crippen LogP contribution in [0.2, 0.25) is 0 Å². The summed E-state index contributed by atoms with van der Waals surface area (Å²) < 4.78 is 17.4. The van der Waals surface area contributed by atoms with Gasteiger partial charge in [0.25, 0.3) is 0 Å². The van der Waals surface area contributed by atoms with Crippen LogP contribution in [-0.2, 0) is 16.6 Å². The summed E-state index contributed by atoms with van der Waals surface area (Å²) in [5, 5.41) is 0. The third-order valence-corrected chi connectivity index (χ3v) is 3.82. The normalized spacial score (nSPS) is 12.1. The van der Waals surface area contributed by atoms with Crippen LogP contribution >= 0.6 is 0 Å². The van der Waals surface area contributed by atoms with Crippen LogP contribution in [-0.4, -0.2) is 16.3 Å². The van der Waals surface area contributed by atoms with E-state index in [-0.39, 0.29) is 0 Å². The summed E-state index contributed by atoms with van der Waals surface area (Å²) in [5.41, 5.74) is 7.04. The summed E-state index contributed by atoms with van der Waals surface area (Å²) in [6, 6.07) is 10.7. The van der Waals surface area contributed by atoms with E-state index in [4.69, 9.17) is 10.5 Å². The maximum atomic E-state index is 12.3. The van der Waals surface area contributed by atoms with Gasteiger partial charge in [0.15, 0.2) is 0 Å². The Morgan fingerprint density at radius 1 is 1.33 bits per heavy atom. The summed E-state index contributed by atoms with van der Waals surface area (Å²) in [6.07, 6.45) is 1.69. The van der Waals surface area contributed by atoms with Crippen molar-refractivity contribution in [3.05, 3.63) is 48.3 Å². The minimum atomic E-state index is -1.20. The molecular weight excluding hydrogens is 248 g/mol. The maximum absolute atomic E-state index is 12.3. The first-order valence-corrected chi connectivity index (χ1v) is 6.74. The fourth-order valence-corrected chi connectivity index (χ4v) is 2.75. The van der Waals surface area contributed by atoms with Crippen LogP contribution in [0.25, 0.3) is 0 Å². The summed E-state index contributed by atoms with van der Waals surface area (Å²) in [4.78, 5) is 4.80. The molecule has 0 aliphatic heterocycles. The summed E-state index contributed by atoms with van der Waals surface area (Å²) in [7, 11) is 0.341. The number of anilines is 1. The Labute approximate surface area is 108 Å². The Bertz CT molecular complexity index is 558. The highest BCUT2D eigenvalue weighted by Gasteiger charge is 2.12. The first kappa shape index (κ1) is 12.6. The fourth-order valence-electron chi connectivity index (χ4n) is 1.57. The topological polar surface area (TPSA) is 65.2 Å². The molecule has 94 valence electrons. The highest BCUT2D eigenvalue weighted by Crippen LogP contribution is 2.25. The third kappa shape index (κ3) is 2.87. The number of nitrogens with two attached hydrogens (primary N) is 1. The van der Waals surface area contributed by atoms with Crippen molar-refractivity contribution in [1.82, 2.24) is 4.98 Å². The molecule has 0 aliphatic rings. The zero-order chi connectivity index (χ0) is 13.0. The number of pyridine rings is 1. The molecule has 2 rings (SSSR count). The highest BCUT2D eigenvalue weighted by atomic mass is 32.2. The van der Waals surface area contributed by atoms with Crippen molar-refractivity contribution in [1.29, 1.82) is 0 Å². The van der Waals surface area contributed by atoms with E-state index in [1.807, 2.05) is 18.2 Å². The lowest BCUT2D eigenvalue weighted by molar-refractivity contribution is 0.404. The second-order valence-electron chi connectivity index (χ2n) is 3.72. The van der Waals surface area contributed by atoms with Gasteiger partial charge in [-0.3, -0.25) is 9.19 Å². The molecule has 1 unspecified atom stereocenters. The summed E-state index contributed by atoms with van der Waals surface area (Å²) in [6.45, 7) is 0. The number of aromatic nitrogens is 1. The van der Waals surface area contributed by atoms with Crippen LogP contribution in [0.4, 0.5) is 5.69 Å². The zero-order valence-corrected chi connectivity index (χ0v) is 10.8. The van der Waals surface area contributed by atoms with Crippen LogP contribution in [0.15, 0.2) is 47.5 Å². The number of nitrogens with zero attached hydrogens (tertiary/aromatic N) is 1. The minimum Gasteiger partial charge on any atom is -0.495 e. The Morgan fingerprint density at radius 3 is 2.83 bits per heavy atom. The van der Waals surface area contributed by atoms with E-state index in [2.05, 4.69) is 4.98 Å². The van der Waals surface area contributed by atoms with E-state index in [9.17, 15) is 4.21 Å². The number of hydrogen-bond donors (Lipinski definition) is 1. The van der Waals surface area contributed by atoms with Gasteiger partial charge in [-0.15, -0.1) is 0 Å². The Kier molecular flexibility index (Phi) is 3.94. The molecule has 1 heterocycles. The second-order valence-corrected chi connectivity index (χ2v) is 5.14. The van der Waals surface area contributed by atoms with Gasteiger partial charge < -0.3 is 10.5 Å². The molecule has 0 spiro atoms. The smallest absolute Gasteiger partial charge is 0.137 e. The monoisotopic (exact) mass is 262 g/mol. The maximum Gasteiger partial charge on any atom is 0.137 e. The van der Waals surface area contributed by atoms with Crippen LogP contribution < -0.4 is 10.5 Å². The van der Waals surface area contributed by atoms with Crippen molar-refractivity contribution in [3.8, 4) is 5.75 Å². The summed E-state index contributed by atoms with van der Waals surface area (Å²) in [5.74, 6) is 0.908. The highest BCUT2D eigenvalue weighted by molar-refractivity contribution is 7.84. The molecule has 0 amide bonds. The van der Waals surface area contributed by atoms with Crippen molar-refractivity contribution in [2.45, 2.75) is 10.6 Å². The van der Waals surface area contributed by atoms with Crippen molar-refractivity contribution in [3.63, 3.8) is 0 Å². The van der Waals surface area contributed by atoms with Gasteiger partial charge in [0.05, 0.1) is 34.3 Å². The van der Waals surface area contributed by atoms with Crippen LogP contribution in [0, 0.1) is 0 Å². The van der Waals surface area contributed by atoms with Gasteiger partial charge in [-0.05, 0) is 24.3 Å². The molecule has 0 fully saturated rings. The minimum absolute atomic E-state index is 0.362. The van der Waals surface area contributed by atoms with Gasteiger partial charge in [-0.25, -0.2) is 0 Å². The molecule has 1 atom stereocenters. The molecule has 2 aromatic rings. The molecule has 5 heteroatoms. The molecular formula is C13H14N2O2S. The van der Waals surface area contributed by atoms with Gasteiger partial charge in [-0.1, -0.05) is 6.07 Å². The van der Waals surface area contributed by atoms with E-state index in [1.54, 1.807) is 24.4 Å². The van der Waals surface area contributed by atoms with Crippen molar-refractivity contribution in [2.24, 2.45) is 0 Å². The SMILES string of the molecule is COc1cc(N)ccc1S(=O)Cc1ccccn1. The lowest BCUT2D eigenvalue weighted by Gasteiger charge is -2.08. The van der Waals surface area contributed by atoms with Gasteiger partial charge in [-0.2, -0.15) is 0 Å². The first-order chi connectivity index (χ1) is 8.70. The molecule has 1 aromatic carbocycles. The summed E-state index contributed by atoms with van der Waals surface area (Å²) >= 11 is 0. The molecule has 0 bridgehead atoms. The number of nitrogen functional groups attached to an aromatic ring is 1. The van der Waals surface area contributed by atoms with E-state index in [1.165, 1.54) is 7.11 Å². The first-order valence-electron chi connectivity index (χ1n) is 5.42. The number of methoxy groups -OCH3 is 1. The standard InChI is InChI=1S/C13H14N2O2S/c1-17-12-8-10(14)5-6-13(12)18(16)9-11-4-2-3-7-15-11/h2-8H,9,14H2,1H3. The Morgan fingerprint density at radius 2 is 2.17 bits per heavy atom. The van der Waals surface area contributed by atoms with E-state index < -0.39 is 10.8 Å². The quantitative estimate of drug-likeness (QED) is 0.856. The third-order valence-electron chi connectivity index (χ3n) is 2.44. The van der Waals surface area contributed by atoms with Gasteiger partial charge in [0, 0.05) is 18.0 Å². The molecule has 1 aromatic heterocycles. The lowest BCUT2D eigenvalue weighted by Crippen LogP contribution is -2.01. The van der Waals surface area contributed by atoms with E-state index >= 15 is 0 Å².